The van der Waals surface area contributed by atoms with Crippen molar-refractivity contribution in [3.8, 4) is 0 Å². The first-order valence-electron chi connectivity index (χ1n) is 5.50. The molecule has 1 saturated heterocycles. The summed E-state index contributed by atoms with van der Waals surface area (Å²) in [6, 6.07) is -0.0266. The van der Waals surface area contributed by atoms with Gasteiger partial charge in [-0.3, -0.25) is 4.79 Å². The van der Waals surface area contributed by atoms with E-state index >= 15 is 0 Å². The Bertz CT molecular complexity index is 176. The Morgan fingerprint density at radius 1 is 1.57 bits per heavy atom. The van der Waals surface area contributed by atoms with Gasteiger partial charge in [-0.05, 0) is 38.8 Å². The van der Waals surface area contributed by atoms with Crippen LogP contribution in [0.4, 0.5) is 0 Å². The Kier molecular flexibility index (Phi) is 4.90. The van der Waals surface area contributed by atoms with E-state index in [1.54, 1.807) is 0 Å². The monoisotopic (exact) mass is 199 g/mol. The Hall–Kier alpha value is -0.610. The number of nitrogens with two attached hydrogens (primary N) is 1. The number of carbonyl (C=O) groups excluding carboxylic acids is 1. The summed E-state index contributed by atoms with van der Waals surface area (Å²) >= 11 is 0. The molecule has 1 rings (SSSR count). The molecule has 0 aromatic heterocycles. The SMILES string of the molecule is CC[C@H](N)C(=O)NC1CCCNCC1. The average Bonchev–Trinajstić information content (AvgIpc) is 2.45. The third-order valence-corrected chi connectivity index (χ3v) is 2.70. The van der Waals surface area contributed by atoms with E-state index in [-0.39, 0.29) is 11.9 Å². The van der Waals surface area contributed by atoms with E-state index < -0.39 is 0 Å². The van der Waals surface area contributed by atoms with Crippen LogP contribution in [0.5, 0.6) is 0 Å². The smallest absolute Gasteiger partial charge is 0.237 e. The van der Waals surface area contributed by atoms with Crippen molar-refractivity contribution in [1.29, 1.82) is 0 Å². The van der Waals surface area contributed by atoms with Gasteiger partial charge in [-0.1, -0.05) is 6.92 Å². The fraction of sp³-hybridized carbons (Fsp3) is 0.900. The summed E-state index contributed by atoms with van der Waals surface area (Å²) in [4.78, 5) is 11.5. The van der Waals surface area contributed by atoms with Crippen LogP contribution in [0.3, 0.4) is 0 Å². The van der Waals surface area contributed by atoms with Gasteiger partial charge in [0.15, 0.2) is 0 Å². The maximum Gasteiger partial charge on any atom is 0.237 e. The van der Waals surface area contributed by atoms with E-state index in [4.69, 9.17) is 5.73 Å². The topological polar surface area (TPSA) is 67.2 Å². The Balaban J connectivity index is 2.30. The third kappa shape index (κ3) is 3.64. The number of hydrogen-bond donors (Lipinski definition) is 3. The summed E-state index contributed by atoms with van der Waals surface area (Å²) in [6.45, 7) is 3.98. The number of hydrogen-bond acceptors (Lipinski definition) is 3. The molecular formula is C10H21N3O. The maximum atomic E-state index is 11.5. The highest BCUT2D eigenvalue weighted by Crippen LogP contribution is 2.05. The molecule has 0 saturated carbocycles. The zero-order chi connectivity index (χ0) is 10.4. The second kappa shape index (κ2) is 5.98. The lowest BCUT2D eigenvalue weighted by Crippen LogP contribution is -2.45. The first-order chi connectivity index (χ1) is 6.74. The maximum absolute atomic E-state index is 11.5. The molecule has 0 radical (unpaired) electrons. The van der Waals surface area contributed by atoms with Gasteiger partial charge in [0.25, 0.3) is 0 Å². The minimum absolute atomic E-state index is 0.000556. The summed E-state index contributed by atoms with van der Waals surface area (Å²) in [7, 11) is 0. The van der Waals surface area contributed by atoms with Crippen LogP contribution in [0.25, 0.3) is 0 Å². The molecule has 1 unspecified atom stereocenters. The van der Waals surface area contributed by atoms with E-state index in [1.807, 2.05) is 6.92 Å². The molecule has 1 fully saturated rings. The van der Waals surface area contributed by atoms with Crippen LogP contribution in [0, 0.1) is 0 Å². The van der Waals surface area contributed by atoms with Gasteiger partial charge in [0.1, 0.15) is 0 Å². The Morgan fingerprint density at radius 2 is 2.36 bits per heavy atom. The number of nitrogens with one attached hydrogen (secondary N) is 2. The van der Waals surface area contributed by atoms with Crippen molar-refractivity contribution in [2.75, 3.05) is 13.1 Å². The minimum Gasteiger partial charge on any atom is -0.352 e. The first kappa shape index (κ1) is 11.5. The van der Waals surface area contributed by atoms with E-state index in [2.05, 4.69) is 10.6 Å². The van der Waals surface area contributed by atoms with Gasteiger partial charge in [-0.25, -0.2) is 0 Å². The molecular weight excluding hydrogens is 178 g/mol. The molecule has 1 amide bonds. The van der Waals surface area contributed by atoms with E-state index in [0.717, 1.165) is 32.4 Å². The predicted molar refractivity (Wildman–Crippen MR) is 56.9 cm³/mol. The molecule has 0 aromatic rings. The lowest BCUT2D eigenvalue weighted by atomic mass is 10.1. The second-order valence-electron chi connectivity index (χ2n) is 3.90. The van der Waals surface area contributed by atoms with Crippen LogP contribution in [0.15, 0.2) is 0 Å². The van der Waals surface area contributed by atoms with Crippen LogP contribution in [0.1, 0.15) is 32.6 Å². The van der Waals surface area contributed by atoms with Gasteiger partial charge in [0.2, 0.25) is 5.91 Å². The normalized spacial score (nSPS) is 25.1. The summed E-state index contributed by atoms with van der Waals surface area (Å²) in [6.07, 6.45) is 3.92. The molecule has 82 valence electrons. The molecule has 0 aromatic carbocycles. The van der Waals surface area contributed by atoms with Crippen molar-refractivity contribution >= 4 is 5.91 Å². The van der Waals surface area contributed by atoms with Crippen molar-refractivity contribution in [3.05, 3.63) is 0 Å². The van der Waals surface area contributed by atoms with Crippen LogP contribution in [-0.4, -0.2) is 31.1 Å². The summed E-state index contributed by atoms with van der Waals surface area (Å²) < 4.78 is 0. The Morgan fingerprint density at radius 3 is 3.07 bits per heavy atom. The van der Waals surface area contributed by atoms with Gasteiger partial charge >= 0.3 is 0 Å². The van der Waals surface area contributed by atoms with Crippen LogP contribution >= 0.6 is 0 Å². The predicted octanol–water partition coefficient (Wildman–Crippen LogP) is -0.0180. The molecule has 0 aliphatic carbocycles. The standard InChI is InChI=1S/C10H21N3O/c1-2-9(11)10(14)13-8-4-3-6-12-7-5-8/h8-9,12H,2-7,11H2,1H3,(H,13,14)/t8?,9-/m0/s1. The number of amides is 1. The number of rotatable bonds is 3. The zero-order valence-electron chi connectivity index (χ0n) is 8.88. The van der Waals surface area contributed by atoms with Crippen molar-refractivity contribution < 1.29 is 4.79 Å². The Labute approximate surface area is 85.6 Å². The van der Waals surface area contributed by atoms with E-state index in [1.165, 1.54) is 0 Å². The quantitative estimate of drug-likeness (QED) is 0.598. The molecule has 1 aliphatic rings. The van der Waals surface area contributed by atoms with Crippen molar-refractivity contribution in [1.82, 2.24) is 10.6 Å². The van der Waals surface area contributed by atoms with Crippen molar-refractivity contribution in [2.45, 2.75) is 44.7 Å². The molecule has 4 N–H and O–H groups in total. The number of carbonyl (C=O) groups is 1. The molecule has 1 aliphatic heterocycles. The van der Waals surface area contributed by atoms with Crippen LogP contribution in [-0.2, 0) is 4.79 Å². The van der Waals surface area contributed by atoms with E-state index in [0.29, 0.717) is 12.5 Å². The summed E-state index contributed by atoms with van der Waals surface area (Å²) in [5.74, 6) is -0.000556. The van der Waals surface area contributed by atoms with Crippen molar-refractivity contribution in [3.63, 3.8) is 0 Å². The highest BCUT2D eigenvalue weighted by molar-refractivity contribution is 5.81. The molecule has 0 spiro atoms. The van der Waals surface area contributed by atoms with Gasteiger partial charge in [-0.15, -0.1) is 0 Å². The third-order valence-electron chi connectivity index (χ3n) is 2.70. The van der Waals surface area contributed by atoms with Crippen LogP contribution < -0.4 is 16.4 Å². The van der Waals surface area contributed by atoms with Gasteiger partial charge in [-0.2, -0.15) is 0 Å². The molecule has 14 heavy (non-hydrogen) atoms. The molecule has 4 nitrogen and oxygen atoms in total. The largest absolute Gasteiger partial charge is 0.352 e. The first-order valence-corrected chi connectivity index (χ1v) is 5.50. The van der Waals surface area contributed by atoms with E-state index in [9.17, 15) is 4.79 Å². The highest BCUT2D eigenvalue weighted by Gasteiger charge is 2.17. The molecule has 0 bridgehead atoms. The van der Waals surface area contributed by atoms with Gasteiger partial charge in [0.05, 0.1) is 6.04 Å². The molecule has 2 atom stereocenters. The van der Waals surface area contributed by atoms with Gasteiger partial charge < -0.3 is 16.4 Å². The summed E-state index contributed by atoms with van der Waals surface area (Å²) in [5, 5.41) is 6.32. The fourth-order valence-electron chi connectivity index (χ4n) is 1.66. The van der Waals surface area contributed by atoms with Crippen LogP contribution in [0.2, 0.25) is 0 Å². The highest BCUT2D eigenvalue weighted by atomic mass is 16.2. The van der Waals surface area contributed by atoms with Crippen molar-refractivity contribution in [2.24, 2.45) is 5.73 Å². The minimum atomic E-state index is -0.341. The lowest BCUT2D eigenvalue weighted by Gasteiger charge is -2.18. The lowest BCUT2D eigenvalue weighted by molar-refractivity contribution is -0.123. The van der Waals surface area contributed by atoms with Gasteiger partial charge in [0, 0.05) is 6.04 Å². The summed E-state index contributed by atoms with van der Waals surface area (Å²) in [5.41, 5.74) is 5.65. The molecule has 4 heteroatoms. The zero-order valence-corrected chi connectivity index (χ0v) is 8.88. The fourth-order valence-corrected chi connectivity index (χ4v) is 1.66. The molecule has 1 heterocycles. The second-order valence-corrected chi connectivity index (χ2v) is 3.90. The average molecular weight is 199 g/mol.